The van der Waals surface area contributed by atoms with Gasteiger partial charge in [-0.1, -0.05) is 0 Å². The molecule has 0 bridgehead atoms. The first kappa shape index (κ1) is 19.2. The fraction of sp³-hybridized carbons (Fsp3) is 0.769. The second-order valence-electron chi connectivity index (χ2n) is 5.69. The van der Waals surface area contributed by atoms with Gasteiger partial charge in [-0.3, -0.25) is 9.59 Å². The molecule has 0 aromatic heterocycles. The molecule has 1 heterocycles. The van der Waals surface area contributed by atoms with Crippen LogP contribution >= 0.6 is 0 Å². The molecule has 1 saturated heterocycles. The highest BCUT2D eigenvalue weighted by Crippen LogP contribution is 2.26. The molecule has 0 saturated carbocycles. The lowest BCUT2D eigenvalue weighted by atomic mass is 9.96. The summed E-state index contributed by atoms with van der Waals surface area (Å²) in [6, 6.07) is 0. The lowest BCUT2D eigenvalue weighted by molar-refractivity contribution is -0.155. The van der Waals surface area contributed by atoms with Crippen molar-refractivity contribution in [2.75, 3.05) is 19.7 Å². The molecule has 1 aliphatic rings. The molecule has 8 heteroatoms. The van der Waals surface area contributed by atoms with Crippen molar-refractivity contribution < 1.29 is 34.4 Å². The SMILES string of the molecule is CCOC(=O)[C@@H]1CN(C(=O)OC(C)(C)C)C[C@H]1C(=O)O.O. The number of carbonyl (C=O) groups is 3. The molecule has 0 radical (unpaired) electrons. The van der Waals surface area contributed by atoms with Gasteiger partial charge in [-0.05, 0) is 27.7 Å². The van der Waals surface area contributed by atoms with E-state index in [2.05, 4.69) is 0 Å². The van der Waals surface area contributed by atoms with Gasteiger partial charge < -0.3 is 25.0 Å². The Morgan fingerprint density at radius 1 is 1.19 bits per heavy atom. The summed E-state index contributed by atoms with van der Waals surface area (Å²) in [6.07, 6.45) is -0.615. The van der Waals surface area contributed by atoms with E-state index >= 15 is 0 Å². The molecular formula is C13H23NO7. The van der Waals surface area contributed by atoms with Crippen molar-refractivity contribution in [3.05, 3.63) is 0 Å². The molecule has 2 atom stereocenters. The van der Waals surface area contributed by atoms with Crippen LogP contribution in [-0.2, 0) is 19.1 Å². The van der Waals surface area contributed by atoms with E-state index in [9.17, 15) is 14.4 Å². The van der Waals surface area contributed by atoms with Crippen molar-refractivity contribution in [2.45, 2.75) is 33.3 Å². The number of amides is 1. The van der Waals surface area contributed by atoms with Gasteiger partial charge in [0.25, 0.3) is 0 Å². The zero-order valence-electron chi connectivity index (χ0n) is 12.7. The molecule has 8 nitrogen and oxygen atoms in total. The first-order valence-electron chi connectivity index (χ1n) is 6.53. The van der Waals surface area contributed by atoms with E-state index < -0.39 is 35.5 Å². The topological polar surface area (TPSA) is 125 Å². The Morgan fingerprint density at radius 2 is 1.71 bits per heavy atom. The molecule has 0 unspecified atom stereocenters. The zero-order chi connectivity index (χ0) is 15.5. The van der Waals surface area contributed by atoms with Gasteiger partial charge in [-0.25, -0.2) is 4.79 Å². The summed E-state index contributed by atoms with van der Waals surface area (Å²) >= 11 is 0. The number of hydrogen-bond acceptors (Lipinski definition) is 5. The van der Waals surface area contributed by atoms with Gasteiger partial charge in [-0.2, -0.15) is 0 Å². The lowest BCUT2D eigenvalue weighted by Gasteiger charge is -2.24. The highest BCUT2D eigenvalue weighted by atomic mass is 16.6. The number of hydrogen-bond donors (Lipinski definition) is 1. The van der Waals surface area contributed by atoms with Crippen molar-refractivity contribution in [1.82, 2.24) is 4.90 Å². The minimum atomic E-state index is -1.12. The second-order valence-corrected chi connectivity index (χ2v) is 5.69. The third-order valence-electron chi connectivity index (χ3n) is 2.88. The lowest BCUT2D eigenvalue weighted by Crippen LogP contribution is -2.36. The summed E-state index contributed by atoms with van der Waals surface area (Å²) in [5.41, 5.74) is -0.669. The summed E-state index contributed by atoms with van der Waals surface area (Å²) in [6.45, 7) is 6.94. The molecule has 1 amide bonds. The van der Waals surface area contributed by atoms with Crippen LogP contribution in [0.3, 0.4) is 0 Å². The molecule has 1 fully saturated rings. The Hall–Kier alpha value is -1.83. The van der Waals surface area contributed by atoms with Crippen molar-refractivity contribution in [3.63, 3.8) is 0 Å². The highest BCUT2D eigenvalue weighted by molar-refractivity contribution is 5.84. The molecule has 0 aliphatic carbocycles. The molecule has 0 aromatic rings. The van der Waals surface area contributed by atoms with Crippen LogP contribution < -0.4 is 0 Å². The van der Waals surface area contributed by atoms with E-state index in [-0.39, 0.29) is 25.2 Å². The van der Waals surface area contributed by atoms with E-state index in [1.54, 1.807) is 27.7 Å². The van der Waals surface area contributed by atoms with E-state index in [0.717, 1.165) is 0 Å². The maximum atomic E-state index is 11.9. The number of carboxylic acids is 1. The number of esters is 1. The minimum absolute atomic E-state index is 0. The van der Waals surface area contributed by atoms with Gasteiger partial charge in [0.1, 0.15) is 5.60 Å². The molecule has 3 N–H and O–H groups in total. The average Bonchev–Trinajstić information content (AvgIpc) is 2.71. The van der Waals surface area contributed by atoms with Gasteiger partial charge in [0.2, 0.25) is 0 Å². The van der Waals surface area contributed by atoms with Crippen molar-refractivity contribution in [3.8, 4) is 0 Å². The van der Waals surface area contributed by atoms with Crippen LogP contribution in [0.2, 0.25) is 0 Å². The number of rotatable bonds is 3. The Kier molecular flexibility index (Phi) is 6.62. The van der Waals surface area contributed by atoms with Crippen LogP contribution in [0.5, 0.6) is 0 Å². The summed E-state index contributed by atoms with van der Waals surface area (Å²) in [5.74, 6) is -3.51. The molecule has 0 aromatic carbocycles. The number of ether oxygens (including phenoxy) is 2. The van der Waals surface area contributed by atoms with Gasteiger partial charge in [0, 0.05) is 13.1 Å². The van der Waals surface area contributed by atoms with Gasteiger partial charge in [0.05, 0.1) is 18.4 Å². The first-order chi connectivity index (χ1) is 9.15. The molecular weight excluding hydrogens is 282 g/mol. The van der Waals surface area contributed by atoms with Gasteiger partial charge >= 0.3 is 18.0 Å². The Morgan fingerprint density at radius 3 is 2.14 bits per heavy atom. The summed E-state index contributed by atoms with van der Waals surface area (Å²) in [7, 11) is 0. The Balaban J connectivity index is 0.00000400. The zero-order valence-corrected chi connectivity index (χ0v) is 12.7. The first-order valence-corrected chi connectivity index (χ1v) is 6.53. The number of aliphatic carboxylic acids is 1. The van der Waals surface area contributed by atoms with E-state index in [1.165, 1.54) is 4.90 Å². The Labute approximate surface area is 123 Å². The maximum absolute atomic E-state index is 11.9. The minimum Gasteiger partial charge on any atom is -0.481 e. The largest absolute Gasteiger partial charge is 0.481 e. The van der Waals surface area contributed by atoms with Crippen molar-refractivity contribution in [1.29, 1.82) is 0 Å². The third-order valence-corrected chi connectivity index (χ3v) is 2.88. The average molecular weight is 305 g/mol. The smallest absolute Gasteiger partial charge is 0.410 e. The van der Waals surface area contributed by atoms with Crippen LogP contribution in [0, 0.1) is 11.8 Å². The van der Waals surface area contributed by atoms with Crippen LogP contribution in [0.25, 0.3) is 0 Å². The summed E-state index contributed by atoms with van der Waals surface area (Å²) in [4.78, 5) is 36.1. The normalized spacial score (nSPS) is 21.4. The molecule has 21 heavy (non-hydrogen) atoms. The van der Waals surface area contributed by atoms with Crippen LogP contribution in [0.1, 0.15) is 27.7 Å². The standard InChI is InChI=1S/C13H21NO6.H2O/c1-5-19-11(17)9-7-14(6-8(9)10(15)16)12(18)20-13(2,3)4;/h8-9H,5-7H2,1-4H3,(H,15,16);1H2/t8-,9-;/m1./s1. The monoisotopic (exact) mass is 305 g/mol. The fourth-order valence-corrected chi connectivity index (χ4v) is 2.02. The number of carboxylic acid groups (broad SMARTS) is 1. The van der Waals surface area contributed by atoms with Gasteiger partial charge in [-0.15, -0.1) is 0 Å². The van der Waals surface area contributed by atoms with Crippen LogP contribution in [-0.4, -0.2) is 58.8 Å². The summed E-state index contributed by atoms with van der Waals surface area (Å²) in [5, 5.41) is 9.15. The molecule has 1 aliphatic heterocycles. The fourth-order valence-electron chi connectivity index (χ4n) is 2.02. The van der Waals surface area contributed by atoms with Crippen LogP contribution in [0.4, 0.5) is 4.79 Å². The number of likely N-dealkylation sites (tertiary alicyclic amines) is 1. The number of nitrogens with zero attached hydrogens (tertiary/aromatic N) is 1. The highest BCUT2D eigenvalue weighted by Gasteiger charge is 2.45. The van der Waals surface area contributed by atoms with E-state index in [1.807, 2.05) is 0 Å². The third kappa shape index (κ3) is 5.22. The van der Waals surface area contributed by atoms with E-state index in [0.29, 0.717) is 0 Å². The van der Waals surface area contributed by atoms with Crippen LogP contribution in [0.15, 0.2) is 0 Å². The van der Waals surface area contributed by atoms with Crippen molar-refractivity contribution in [2.24, 2.45) is 11.8 Å². The van der Waals surface area contributed by atoms with Crippen molar-refractivity contribution >= 4 is 18.0 Å². The quantitative estimate of drug-likeness (QED) is 0.747. The van der Waals surface area contributed by atoms with E-state index in [4.69, 9.17) is 14.6 Å². The number of carbonyl (C=O) groups excluding carboxylic acids is 2. The second kappa shape index (κ2) is 7.26. The molecule has 1 rings (SSSR count). The molecule has 0 spiro atoms. The van der Waals surface area contributed by atoms with Gasteiger partial charge in [0.15, 0.2) is 0 Å². The molecule has 122 valence electrons. The predicted octanol–water partition coefficient (Wildman–Crippen LogP) is 0.293. The maximum Gasteiger partial charge on any atom is 0.410 e. The predicted molar refractivity (Wildman–Crippen MR) is 72.7 cm³/mol. The Bertz CT molecular complexity index is 402. The summed E-state index contributed by atoms with van der Waals surface area (Å²) < 4.78 is 10.0.